The molecular weight excluding hydrogens is 216 g/mol. The number of hydrogen-bond acceptors (Lipinski definition) is 2. The quantitative estimate of drug-likeness (QED) is 0.751. The minimum atomic E-state index is -0.261. The van der Waals surface area contributed by atoms with E-state index in [0.29, 0.717) is 6.42 Å². The summed E-state index contributed by atoms with van der Waals surface area (Å²) in [5, 5.41) is 1.97. The Labute approximate surface area is 101 Å². The van der Waals surface area contributed by atoms with Crippen LogP contribution in [0.25, 0.3) is 0 Å². The number of likely N-dealkylation sites (tertiary alicyclic amines) is 1. The van der Waals surface area contributed by atoms with Gasteiger partial charge in [0.1, 0.15) is 6.04 Å². The van der Waals surface area contributed by atoms with E-state index >= 15 is 0 Å². The molecule has 90 valence electrons. The number of nitrogens with zero attached hydrogens (tertiary/aromatic N) is 1. The van der Waals surface area contributed by atoms with Crippen molar-refractivity contribution in [3.05, 3.63) is 35.9 Å². The molecule has 0 bridgehead atoms. The van der Waals surface area contributed by atoms with Gasteiger partial charge in [-0.3, -0.25) is 14.5 Å². The van der Waals surface area contributed by atoms with Crippen LogP contribution in [0.15, 0.2) is 30.3 Å². The summed E-state index contributed by atoms with van der Waals surface area (Å²) in [6.07, 6.45) is 0.312. The van der Waals surface area contributed by atoms with Crippen molar-refractivity contribution in [1.29, 1.82) is 0 Å². The lowest BCUT2D eigenvalue weighted by Gasteiger charge is -2.14. The molecule has 1 heterocycles. The SMILES string of the molecule is C[C@@H]([NH2+][C@H]1CC(=O)N(C)C1=O)c1ccccc1. The molecule has 1 saturated heterocycles. The van der Waals surface area contributed by atoms with E-state index in [9.17, 15) is 9.59 Å². The van der Waals surface area contributed by atoms with E-state index in [2.05, 4.69) is 0 Å². The van der Waals surface area contributed by atoms with Crippen molar-refractivity contribution >= 4 is 11.8 Å². The third kappa shape index (κ3) is 2.36. The second kappa shape index (κ2) is 4.67. The first kappa shape index (κ1) is 11.8. The largest absolute Gasteiger partial charge is 0.330 e. The molecule has 1 aromatic carbocycles. The zero-order valence-electron chi connectivity index (χ0n) is 10.1. The summed E-state index contributed by atoms with van der Waals surface area (Å²) in [6.45, 7) is 2.05. The molecule has 4 nitrogen and oxygen atoms in total. The van der Waals surface area contributed by atoms with Crippen LogP contribution in [0.5, 0.6) is 0 Å². The molecule has 1 aromatic rings. The molecule has 17 heavy (non-hydrogen) atoms. The zero-order chi connectivity index (χ0) is 12.4. The van der Waals surface area contributed by atoms with E-state index in [1.54, 1.807) is 7.05 Å². The van der Waals surface area contributed by atoms with E-state index in [4.69, 9.17) is 0 Å². The van der Waals surface area contributed by atoms with Crippen LogP contribution < -0.4 is 5.32 Å². The molecule has 0 aliphatic carbocycles. The summed E-state index contributed by atoms with van der Waals surface area (Å²) in [6, 6.07) is 9.92. The number of nitrogens with two attached hydrogens (primary N) is 1. The second-order valence-corrected chi connectivity index (χ2v) is 4.49. The van der Waals surface area contributed by atoms with Gasteiger partial charge in [-0.1, -0.05) is 30.3 Å². The Bertz CT molecular complexity index is 430. The fourth-order valence-corrected chi connectivity index (χ4v) is 2.15. The van der Waals surface area contributed by atoms with Crippen molar-refractivity contribution in [1.82, 2.24) is 4.90 Å². The number of carbonyl (C=O) groups is 2. The molecule has 4 heteroatoms. The van der Waals surface area contributed by atoms with Gasteiger partial charge in [0.05, 0.1) is 6.42 Å². The first-order chi connectivity index (χ1) is 8.09. The van der Waals surface area contributed by atoms with Crippen molar-refractivity contribution < 1.29 is 14.9 Å². The Morgan fingerprint density at radius 2 is 1.94 bits per heavy atom. The molecule has 0 unspecified atom stereocenters. The molecule has 1 aliphatic rings. The van der Waals surface area contributed by atoms with Crippen LogP contribution in [0.1, 0.15) is 24.9 Å². The number of imide groups is 1. The van der Waals surface area contributed by atoms with Gasteiger partial charge in [0, 0.05) is 12.6 Å². The lowest BCUT2D eigenvalue weighted by Crippen LogP contribution is -2.91. The average Bonchev–Trinajstić information content (AvgIpc) is 2.58. The minimum absolute atomic E-state index is 0.0854. The van der Waals surface area contributed by atoms with Gasteiger partial charge in [-0.2, -0.15) is 0 Å². The maximum atomic E-state index is 11.8. The topological polar surface area (TPSA) is 54.0 Å². The third-order valence-electron chi connectivity index (χ3n) is 3.26. The molecule has 2 atom stereocenters. The zero-order valence-corrected chi connectivity index (χ0v) is 10.1. The van der Waals surface area contributed by atoms with Crippen molar-refractivity contribution in [2.45, 2.75) is 25.4 Å². The van der Waals surface area contributed by atoms with Gasteiger partial charge >= 0.3 is 0 Å². The van der Waals surface area contributed by atoms with Crippen LogP contribution in [0.2, 0.25) is 0 Å². The van der Waals surface area contributed by atoms with Crippen molar-refractivity contribution in [2.75, 3.05) is 7.05 Å². The lowest BCUT2D eigenvalue weighted by atomic mass is 10.1. The summed E-state index contributed by atoms with van der Waals surface area (Å²) in [4.78, 5) is 24.4. The Morgan fingerprint density at radius 3 is 2.47 bits per heavy atom. The number of quaternary nitrogens is 1. The van der Waals surface area contributed by atoms with Gasteiger partial charge < -0.3 is 5.32 Å². The number of carbonyl (C=O) groups excluding carboxylic acids is 2. The van der Waals surface area contributed by atoms with E-state index in [1.807, 2.05) is 42.6 Å². The minimum Gasteiger partial charge on any atom is -0.330 e. The van der Waals surface area contributed by atoms with Crippen LogP contribution in [-0.2, 0) is 9.59 Å². The molecule has 2 N–H and O–H groups in total. The highest BCUT2D eigenvalue weighted by Crippen LogP contribution is 2.11. The normalized spacial score (nSPS) is 22.0. The first-order valence-corrected chi connectivity index (χ1v) is 5.80. The molecule has 1 fully saturated rings. The Morgan fingerprint density at radius 1 is 1.29 bits per heavy atom. The fourth-order valence-electron chi connectivity index (χ4n) is 2.15. The molecule has 0 radical (unpaired) electrons. The third-order valence-corrected chi connectivity index (χ3v) is 3.26. The fraction of sp³-hybridized carbons (Fsp3) is 0.385. The van der Waals surface area contributed by atoms with Crippen LogP contribution >= 0.6 is 0 Å². The predicted molar refractivity (Wildman–Crippen MR) is 63.0 cm³/mol. The Balaban J connectivity index is 2.03. The predicted octanol–water partition coefficient (Wildman–Crippen LogP) is 0.0683. The van der Waals surface area contributed by atoms with Crippen LogP contribution in [0.3, 0.4) is 0 Å². The number of rotatable bonds is 3. The van der Waals surface area contributed by atoms with E-state index in [-0.39, 0.29) is 23.9 Å². The number of hydrogen-bond donors (Lipinski definition) is 1. The van der Waals surface area contributed by atoms with Crippen molar-refractivity contribution in [3.8, 4) is 0 Å². The summed E-state index contributed by atoms with van der Waals surface area (Å²) in [5.74, 6) is -0.172. The van der Waals surface area contributed by atoms with Gasteiger partial charge in [0.25, 0.3) is 5.91 Å². The molecule has 0 saturated carbocycles. The van der Waals surface area contributed by atoms with Crippen LogP contribution in [0, 0.1) is 0 Å². The van der Waals surface area contributed by atoms with Crippen LogP contribution in [-0.4, -0.2) is 29.8 Å². The standard InChI is InChI=1S/C13H16N2O2/c1-9(10-6-4-3-5-7-10)14-11-8-12(16)15(2)13(11)17/h3-7,9,11,14H,8H2,1-2H3/p+1/t9-,11+/m1/s1. The van der Waals surface area contributed by atoms with Crippen molar-refractivity contribution in [3.63, 3.8) is 0 Å². The van der Waals surface area contributed by atoms with Gasteiger partial charge in [0.15, 0.2) is 6.04 Å². The maximum absolute atomic E-state index is 11.8. The summed E-state index contributed by atoms with van der Waals surface area (Å²) in [7, 11) is 1.55. The van der Waals surface area contributed by atoms with Gasteiger partial charge in [-0.05, 0) is 6.92 Å². The van der Waals surface area contributed by atoms with Gasteiger partial charge in [-0.25, -0.2) is 0 Å². The number of likely N-dealkylation sites (N-methyl/N-ethyl adjacent to an activating group) is 1. The summed E-state index contributed by atoms with van der Waals surface area (Å²) in [5.41, 5.74) is 1.17. The summed E-state index contributed by atoms with van der Waals surface area (Å²) >= 11 is 0. The highest BCUT2D eigenvalue weighted by Gasteiger charge is 2.39. The van der Waals surface area contributed by atoms with E-state index in [1.165, 1.54) is 10.5 Å². The smallest absolute Gasteiger partial charge is 0.287 e. The molecule has 2 rings (SSSR count). The Kier molecular flexibility index (Phi) is 3.24. The average molecular weight is 233 g/mol. The molecule has 1 aliphatic heterocycles. The second-order valence-electron chi connectivity index (χ2n) is 4.49. The number of benzene rings is 1. The highest BCUT2D eigenvalue weighted by molar-refractivity contribution is 6.04. The van der Waals surface area contributed by atoms with Crippen molar-refractivity contribution in [2.24, 2.45) is 0 Å². The van der Waals surface area contributed by atoms with Gasteiger partial charge in [-0.15, -0.1) is 0 Å². The van der Waals surface area contributed by atoms with E-state index < -0.39 is 0 Å². The van der Waals surface area contributed by atoms with Crippen LogP contribution in [0.4, 0.5) is 0 Å². The molecule has 2 amide bonds. The monoisotopic (exact) mass is 233 g/mol. The molecule has 0 aromatic heterocycles. The highest BCUT2D eigenvalue weighted by atomic mass is 16.2. The number of amides is 2. The Hall–Kier alpha value is -1.68. The lowest BCUT2D eigenvalue weighted by molar-refractivity contribution is -0.711. The van der Waals surface area contributed by atoms with E-state index in [0.717, 1.165) is 0 Å². The maximum Gasteiger partial charge on any atom is 0.287 e. The molecule has 0 spiro atoms. The first-order valence-electron chi connectivity index (χ1n) is 5.80. The summed E-state index contributed by atoms with van der Waals surface area (Å²) < 4.78 is 0. The van der Waals surface area contributed by atoms with Gasteiger partial charge in [0.2, 0.25) is 5.91 Å². The molecular formula is C13H17N2O2+.